The molecule has 0 aliphatic carbocycles. The summed E-state index contributed by atoms with van der Waals surface area (Å²) in [5, 5.41) is 3.40. The van der Waals surface area contributed by atoms with Gasteiger partial charge < -0.3 is 10.5 Å². The van der Waals surface area contributed by atoms with E-state index < -0.39 is 0 Å². The van der Waals surface area contributed by atoms with Crippen molar-refractivity contribution in [2.75, 3.05) is 26.8 Å². The molecule has 0 spiro atoms. The van der Waals surface area contributed by atoms with Gasteiger partial charge in [0.15, 0.2) is 0 Å². The second-order valence-corrected chi connectivity index (χ2v) is 7.82. The molecule has 120 valence electrons. The van der Waals surface area contributed by atoms with Crippen molar-refractivity contribution in [2.24, 2.45) is 5.73 Å². The largest absolute Gasteiger partial charge is 0.383 e. The minimum absolute atomic E-state index is 0.106. The third-order valence-corrected chi connectivity index (χ3v) is 5.37. The lowest BCUT2D eigenvalue weighted by Crippen LogP contribution is -2.41. The molecule has 5 heteroatoms. The van der Waals surface area contributed by atoms with Crippen LogP contribution in [0.1, 0.15) is 56.8 Å². The van der Waals surface area contributed by atoms with E-state index in [0.717, 1.165) is 31.8 Å². The Morgan fingerprint density at radius 3 is 2.81 bits per heavy atom. The molecule has 1 aromatic rings. The molecule has 0 saturated carbocycles. The Morgan fingerprint density at radius 2 is 2.19 bits per heavy atom. The van der Waals surface area contributed by atoms with Gasteiger partial charge in [-0.2, -0.15) is 0 Å². The Bertz CT molecular complexity index is 441. The van der Waals surface area contributed by atoms with E-state index in [4.69, 9.17) is 15.5 Å². The summed E-state index contributed by atoms with van der Waals surface area (Å²) in [6.45, 7) is 9.41. The van der Waals surface area contributed by atoms with Crippen molar-refractivity contribution >= 4 is 11.3 Å². The van der Waals surface area contributed by atoms with Gasteiger partial charge in [-0.05, 0) is 19.4 Å². The van der Waals surface area contributed by atoms with E-state index in [1.54, 1.807) is 18.4 Å². The van der Waals surface area contributed by atoms with Crippen LogP contribution in [-0.2, 0) is 10.2 Å². The summed E-state index contributed by atoms with van der Waals surface area (Å²) in [6, 6.07) is 0.397. The number of hydrogen-bond donors (Lipinski definition) is 1. The van der Waals surface area contributed by atoms with Crippen molar-refractivity contribution in [3.8, 4) is 0 Å². The van der Waals surface area contributed by atoms with E-state index in [2.05, 4.69) is 31.1 Å². The molecule has 2 N–H and O–H groups in total. The topological polar surface area (TPSA) is 51.4 Å². The summed E-state index contributed by atoms with van der Waals surface area (Å²) in [4.78, 5) is 7.37. The smallest absolute Gasteiger partial charge is 0.0982 e. The third kappa shape index (κ3) is 4.25. The number of methoxy groups -OCH3 is 1. The molecule has 21 heavy (non-hydrogen) atoms. The molecule has 1 aliphatic rings. The molecule has 2 heterocycles. The summed E-state index contributed by atoms with van der Waals surface area (Å²) < 4.78 is 5.26. The molecule has 0 amide bonds. The Labute approximate surface area is 132 Å². The standard InChI is InChI=1S/C16H29N3OS/c1-16(2,3)15-18-13(11-21-15)14-12(17)7-5-6-8-19(14)9-10-20-4/h11-12,14H,5-10,17H2,1-4H3. The number of thiazole rings is 1. The van der Waals surface area contributed by atoms with E-state index in [9.17, 15) is 0 Å². The summed E-state index contributed by atoms with van der Waals surface area (Å²) >= 11 is 1.76. The molecule has 1 aliphatic heterocycles. The van der Waals surface area contributed by atoms with E-state index in [1.807, 2.05) is 0 Å². The van der Waals surface area contributed by atoms with Gasteiger partial charge in [-0.1, -0.05) is 27.2 Å². The molecule has 1 aromatic heterocycles. The normalized spacial score (nSPS) is 25.0. The number of rotatable bonds is 4. The maximum Gasteiger partial charge on any atom is 0.0982 e. The lowest BCUT2D eigenvalue weighted by atomic mass is 9.97. The highest BCUT2D eigenvalue weighted by atomic mass is 32.1. The lowest BCUT2D eigenvalue weighted by Gasteiger charge is -2.32. The van der Waals surface area contributed by atoms with Gasteiger partial charge in [-0.15, -0.1) is 11.3 Å². The van der Waals surface area contributed by atoms with Crippen molar-refractivity contribution in [1.29, 1.82) is 0 Å². The van der Waals surface area contributed by atoms with Crippen molar-refractivity contribution in [3.63, 3.8) is 0 Å². The molecule has 1 saturated heterocycles. The fourth-order valence-corrected chi connectivity index (χ4v) is 3.83. The number of ether oxygens (including phenoxy) is 1. The lowest BCUT2D eigenvalue weighted by molar-refractivity contribution is 0.113. The molecular formula is C16H29N3OS. The first-order valence-corrected chi connectivity index (χ1v) is 8.76. The monoisotopic (exact) mass is 311 g/mol. The van der Waals surface area contributed by atoms with E-state index in [-0.39, 0.29) is 17.5 Å². The molecule has 1 fully saturated rings. The Balaban J connectivity index is 2.23. The Morgan fingerprint density at radius 1 is 1.43 bits per heavy atom. The first-order chi connectivity index (χ1) is 9.93. The van der Waals surface area contributed by atoms with Crippen molar-refractivity contribution in [3.05, 3.63) is 16.1 Å². The number of hydrogen-bond acceptors (Lipinski definition) is 5. The molecule has 2 unspecified atom stereocenters. The SMILES string of the molecule is COCCN1CCCCC(N)C1c1csc(C(C)(C)C)n1. The van der Waals surface area contributed by atoms with E-state index in [1.165, 1.54) is 17.8 Å². The first kappa shape index (κ1) is 16.9. The number of likely N-dealkylation sites (tertiary alicyclic amines) is 1. The predicted octanol–water partition coefficient (Wildman–Crippen LogP) is 2.94. The summed E-state index contributed by atoms with van der Waals surface area (Å²) in [7, 11) is 1.76. The second-order valence-electron chi connectivity index (χ2n) is 6.96. The molecule has 0 aromatic carbocycles. The average Bonchev–Trinajstić information content (AvgIpc) is 2.82. The molecular weight excluding hydrogens is 282 g/mol. The molecule has 0 radical (unpaired) electrons. The van der Waals surface area contributed by atoms with Crippen LogP contribution in [0.15, 0.2) is 5.38 Å². The van der Waals surface area contributed by atoms with E-state index >= 15 is 0 Å². The Kier molecular flexibility index (Phi) is 5.77. The van der Waals surface area contributed by atoms with Crippen LogP contribution in [-0.4, -0.2) is 42.7 Å². The minimum atomic E-state index is 0.106. The highest BCUT2D eigenvalue weighted by Gasteiger charge is 2.31. The van der Waals surface area contributed by atoms with Crippen LogP contribution in [0, 0.1) is 0 Å². The van der Waals surface area contributed by atoms with Gasteiger partial charge >= 0.3 is 0 Å². The molecule has 2 atom stereocenters. The van der Waals surface area contributed by atoms with Crippen LogP contribution < -0.4 is 5.73 Å². The van der Waals surface area contributed by atoms with Crippen LogP contribution in [0.25, 0.3) is 0 Å². The van der Waals surface area contributed by atoms with Crippen molar-refractivity contribution in [2.45, 2.75) is 57.5 Å². The summed E-state index contributed by atoms with van der Waals surface area (Å²) in [5.41, 5.74) is 7.73. The highest BCUT2D eigenvalue weighted by Crippen LogP contribution is 2.33. The zero-order chi connectivity index (χ0) is 15.5. The van der Waals surface area contributed by atoms with Crippen molar-refractivity contribution < 1.29 is 4.74 Å². The molecule has 0 bridgehead atoms. The van der Waals surface area contributed by atoms with Gasteiger partial charge in [0, 0.05) is 30.5 Å². The highest BCUT2D eigenvalue weighted by molar-refractivity contribution is 7.09. The number of nitrogens with two attached hydrogens (primary N) is 1. The van der Waals surface area contributed by atoms with Crippen molar-refractivity contribution in [1.82, 2.24) is 9.88 Å². The van der Waals surface area contributed by atoms with Crippen LogP contribution >= 0.6 is 11.3 Å². The first-order valence-electron chi connectivity index (χ1n) is 7.88. The van der Waals surface area contributed by atoms with Gasteiger partial charge in [0.1, 0.15) is 0 Å². The van der Waals surface area contributed by atoms with E-state index in [0.29, 0.717) is 0 Å². The van der Waals surface area contributed by atoms with Gasteiger partial charge in [0.25, 0.3) is 0 Å². The number of nitrogens with zero attached hydrogens (tertiary/aromatic N) is 2. The zero-order valence-corrected chi connectivity index (χ0v) is 14.6. The summed E-state index contributed by atoms with van der Waals surface area (Å²) in [6.07, 6.45) is 3.50. The molecule has 4 nitrogen and oxygen atoms in total. The van der Waals surface area contributed by atoms with Crippen LogP contribution in [0.2, 0.25) is 0 Å². The second kappa shape index (κ2) is 7.18. The fourth-order valence-electron chi connectivity index (χ4n) is 2.89. The third-order valence-electron chi connectivity index (χ3n) is 4.08. The zero-order valence-electron chi connectivity index (χ0n) is 13.8. The maximum absolute atomic E-state index is 6.47. The fraction of sp³-hybridized carbons (Fsp3) is 0.812. The predicted molar refractivity (Wildman–Crippen MR) is 88.8 cm³/mol. The van der Waals surface area contributed by atoms with Gasteiger partial charge in [0.2, 0.25) is 0 Å². The van der Waals surface area contributed by atoms with Gasteiger partial charge in [0.05, 0.1) is 23.4 Å². The van der Waals surface area contributed by atoms with Crippen LogP contribution in [0.4, 0.5) is 0 Å². The van der Waals surface area contributed by atoms with Crippen LogP contribution in [0.3, 0.4) is 0 Å². The molecule has 2 rings (SSSR count). The average molecular weight is 311 g/mol. The maximum atomic E-state index is 6.47. The van der Waals surface area contributed by atoms with Gasteiger partial charge in [-0.3, -0.25) is 4.90 Å². The quantitative estimate of drug-likeness (QED) is 0.929. The number of aromatic nitrogens is 1. The Hall–Kier alpha value is -0.490. The van der Waals surface area contributed by atoms with Gasteiger partial charge in [-0.25, -0.2) is 4.98 Å². The minimum Gasteiger partial charge on any atom is -0.383 e. The summed E-state index contributed by atoms with van der Waals surface area (Å²) in [5.74, 6) is 0. The van der Waals surface area contributed by atoms with Crippen LogP contribution in [0.5, 0.6) is 0 Å².